The molecule has 0 spiro atoms. The van der Waals surface area contributed by atoms with Crippen LogP contribution in [0.3, 0.4) is 0 Å². The minimum atomic E-state index is -0.0534. The first-order valence-electron chi connectivity index (χ1n) is 12.5. The minimum absolute atomic E-state index is 0.0534. The Bertz CT molecular complexity index is 1030. The van der Waals surface area contributed by atoms with Crippen LogP contribution in [0.25, 0.3) is 17.1 Å². The molecule has 172 valence electrons. The van der Waals surface area contributed by atoms with Gasteiger partial charge in [-0.2, -0.15) is 0 Å². The summed E-state index contributed by atoms with van der Waals surface area (Å²) in [6.45, 7) is 15.9. The monoisotopic (exact) mass is 431 g/mol. The van der Waals surface area contributed by atoms with E-state index in [0.29, 0.717) is 5.92 Å². The van der Waals surface area contributed by atoms with Crippen LogP contribution >= 0.6 is 0 Å². The van der Waals surface area contributed by atoms with E-state index in [4.69, 9.17) is 10.2 Å². The van der Waals surface area contributed by atoms with Crippen molar-refractivity contribution in [3.05, 3.63) is 65.0 Å². The molecule has 3 aromatic rings. The van der Waals surface area contributed by atoms with E-state index in [1.165, 1.54) is 35.2 Å². The van der Waals surface area contributed by atoms with Crippen molar-refractivity contribution in [1.29, 1.82) is 0 Å². The van der Waals surface area contributed by atoms with E-state index in [9.17, 15) is 0 Å². The molecule has 1 heterocycles. The van der Waals surface area contributed by atoms with Crippen molar-refractivity contribution < 1.29 is 0 Å². The Kier molecular flexibility index (Phi) is 7.92. The highest BCUT2D eigenvalue weighted by Gasteiger charge is 2.30. The predicted octanol–water partition coefficient (Wildman–Crippen LogP) is 7.73. The first-order valence-corrected chi connectivity index (χ1v) is 12.5. The number of rotatable bonds is 10. The predicted molar refractivity (Wildman–Crippen MR) is 137 cm³/mol. The van der Waals surface area contributed by atoms with Crippen LogP contribution < -0.4 is 0 Å². The zero-order valence-corrected chi connectivity index (χ0v) is 21.2. The lowest BCUT2D eigenvalue weighted by atomic mass is 9.86. The number of hydrogen-bond donors (Lipinski definition) is 0. The van der Waals surface area contributed by atoms with Gasteiger partial charge in [0.2, 0.25) is 0 Å². The molecule has 3 rings (SSSR count). The molecule has 1 aromatic heterocycles. The molecule has 0 bridgehead atoms. The van der Waals surface area contributed by atoms with Crippen LogP contribution in [0.2, 0.25) is 0 Å². The molecule has 0 atom stereocenters. The number of benzene rings is 2. The molecule has 0 saturated heterocycles. The largest absolute Gasteiger partial charge is 0.278 e. The minimum Gasteiger partial charge on any atom is -0.278 e. The fraction of sp³-hybridized carbons (Fsp3) is 0.517. The van der Waals surface area contributed by atoms with Gasteiger partial charge in [0.05, 0.1) is 5.69 Å². The molecule has 0 fully saturated rings. The van der Waals surface area contributed by atoms with E-state index in [1.807, 2.05) is 0 Å². The van der Waals surface area contributed by atoms with Crippen LogP contribution in [-0.4, -0.2) is 14.8 Å². The summed E-state index contributed by atoms with van der Waals surface area (Å²) in [5, 5.41) is 9.61. The Morgan fingerprint density at radius 1 is 0.906 bits per heavy atom. The number of unbranched alkanes of at least 4 members (excludes halogenated alkanes) is 1. The van der Waals surface area contributed by atoms with Gasteiger partial charge in [-0.15, -0.1) is 10.2 Å². The SMILES string of the molecule is CCCCC(C)(C)c1nnc(-c2cccc(CC)c2)n1-c1ccc(CC)cc1CC(C)C. The third kappa shape index (κ3) is 5.31. The summed E-state index contributed by atoms with van der Waals surface area (Å²) in [4.78, 5) is 0. The normalized spacial score (nSPS) is 12.0. The summed E-state index contributed by atoms with van der Waals surface area (Å²) >= 11 is 0. The fourth-order valence-corrected chi connectivity index (χ4v) is 4.48. The van der Waals surface area contributed by atoms with E-state index in [-0.39, 0.29) is 5.41 Å². The first-order chi connectivity index (χ1) is 15.3. The summed E-state index contributed by atoms with van der Waals surface area (Å²) in [6, 6.07) is 15.7. The lowest BCUT2D eigenvalue weighted by Crippen LogP contribution is -2.23. The maximum Gasteiger partial charge on any atom is 0.168 e. The van der Waals surface area contributed by atoms with E-state index >= 15 is 0 Å². The highest BCUT2D eigenvalue weighted by Crippen LogP contribution is 2.35. The van der Waals surface area contributed by atoms with Crippen LogP contribution in [0, 0.1) is 5.92 Å². The van der Waals surface area contributed by atoms with Crippen LogP contribution in [0.1, 0.15) is 90.2 Å². The quantitative estimate of drug-likeness (QED) is 0.329. The van der Waals surface area contributed by atoms with Gasteiger partial charge in [0, 0.05) is 11.0 Å². The average Bonchev–Trinajstić information content (AvgIpc) is 3.23. The average molecular weight is 432 g/mol. The standard InChI is InChI=1S/C29H41N3/c1-8-11-17-29(6,7)28-31-30-27(24-14-12-13-22(9-2)19-24)32(28)26-16-15-23(10-3)20-25(26)18-21(4)5/h12-16,19-21H,8-11,17-18H2,1-7H3. The summed E-state index contributed by atoms with van der Waals surface area (Å²) in [5.74, 6) is 2.60. The second-order valence-corrected chi connectivity index (χ2v) is 10.1. The molecule has 2 aromatic carbocycles. The van der Waals surface area contributed by atoms with E-state index < -0.39 is 0 Å². The molecule has 0 aliphatic carbocycles. The van der Waals surface area contributed by atoms with Gasteiger partial charge < -0.3 is 0 Å². The molecule has 32 heavy (non-hydrogen) atoms. The number of aromatic nitrogens is 3. The highest BCUT2D eigenvalue weighted by atomic mass is 15.3. The summed E-state index contributed by atoms with van der Waals surface area (Å²) in [5.41, 5.74) is 6.43. The van der Waals surface area contributed by atoms with Crippen LogP contribution in [0.15, 0.2) is 42.5 Å². The van der Waals surface area contributed by atoms with Gasteiger partial charge in [-0.1, -0.05) is 91.6 Å². The van der Waals surface area contributed by atoms with Crippen molar-refractivity contribution in [3.63, 3.8) is 0 Å². The van der Waals surface area contributed by atoms with Gasteiger partial charge in [0.1, 0.15) is 5.82 Å². The lowest BCUT2D eigenvalue weighted by molar-refractivity contribution is 0.425. The van der Waals surface area contributed by atoms with Crippen molar-refractivity contribution in [3.8, 4) is 17.1 Å². The second kappa shape index (κ2) is 10.5. The first kappa shape index (κ1) is 24.2. The Hall–Kier alpha value is -2.42. The van der Waals surface area contributed by atoms with Crippen molar-refractivity contribution in [2.45, 2.75) is 92.4 Å². The number of hydrogen-bond acceptors (Lipinski definition) is 2. The third-order valence-electron chi connectivity index (χ3n) is 6.44. The van der Waals surface area contributed by atoms with Gasteiger partial charge >= 0.3 is 0 Å². The topological polar surface area (TPSA) is 30.7 Å². The fourth-order valence-electron chi connectivity index (χ4n) is 4.48. The second-order valence-electron chi connectivity index (χ2n) is 10.1. The Labute approximate surface area is 195 Å². The number of nitrogens with zero attached hydrogens (tertiary/aromatic N) is 3. The van der Waals surface area contributed by atoms with Gasteiger partial charge in [0.25, 0.3) is 0 Å². The van der Waals surface area contributed by atoms with Gasteiger partial charge in [-0.3, -0.25) is 4.57 Å². The van der Waals surface area contributed by atoms with Crippen molar-refractivity contribution in [1.82, 2.24) is 14.8 Å². The van der Waals surface area contributed by atoms with Crippen LogP contribution in [0.4, 0.5) is 0 Å². The molecule has 0 amide bonds. The smallest absolute Gasteiger partial charge is 0.168 e. The molecular formula is C29H41N3. The Morgan fingerprint density at radius 3 is 2.28 bits per heavy atom. The van der Waals surface area contributed by atoms with Gasteiger partial charge in [-0.25, -0.2) is 0 Å². The van der Waals surface area contributed by atoms with E-state index in [1.54, 1.807) is 0 Å². The molecule has 3 heteroatoms. The molecule has 0 N–H and O–H groups in total. The lowest BCUT2D eigenvalue weighted by Gasteiger charge is -2.26. The van der Waals surface area contributed by atoms with Crippen LogP contribution in [-0.2, 0) is 24.7 Å². The van der Waals surface area contributed by atoms with E-state index in [2.05, 4.69) is 95.5 Å². The maximum atomic E-state index is 4.82. The molecule has 0 unspecified atom stereocenters. The van der Waals surface area contributed by atoms with Crippen LogP contribution in [0.5, 0.6) is 0 Å². The Morgan fingerprint density at radius 2 is 1.62 bits per heavy atom. The van der Waals surface area contributed by atoms with Crippen molar-refractivity contribution in [2.75, 3.05) is 0 Å². The molecule has 0 saturated carbocycles. The third-order valence-corrected chi connectivity index (χ3v) is 6.44. The zero-order chi connectivity index (χ0) is 23.3. The molecule has 0 aliphatic heterocycles. The summed E-state index contributed by atoms with van der Waals surface area (Å²) < 4.78 is 2.36. The Balaban J connectivity index is 2.27. The molecule has 0 radical (unpaired) electrons. The van der Waals surface area contributed by atoms with Crippen molar-refractivity contribution in [2.24, 2.45) is 5.92 Å². The molecule has 0 aliphatic rings. The highest BCUT2D eigenvalue weighted by molar-refractivity contribution is 5.61. The number of aryl methyl sites for hydroxylation is 2. The van der Waals surface area contributed by atoms with Gasteiger partial charge in [0.15, 0.2) is 5.82 Å². The van der Waals surface area contributed by atoms with E-state index in [0.717, 1.165) is 42.9 Å². The molecular weight excluding hydrogens is 390 g/mol. The summed E-state index contributed by atoms with van der Waals surface area (Å²) in [7, 11) is 0. The molecule has 3 nitrogen and oxygen atoms in total. The zero-order valence-electron chi connectivity index (χ0n) is 21.2. The maximum absolute atomic E-state index is 4.82. The van der Waals surface area contributed by atoms with Gasteiger partial charge in [-0.05, 0) is 60.4 Å². The van der Waals surface area contributed by atoms with Crippen molar-refractivity contribution >= 4 is 0 Å². The summed E-state index contributed by atoms with van der Waals surface area (Å²) in [6.07, 6.45) is 6.59.